The second kappa shape index (κ2) is 6.20. The highest BCUT2D eigenvalue weighted by Gasteiger charge is 2.19. The van der Waals surface area contributed by atoms with Crippen LogP contribution in [0.1, 0.15) is 37.0 Å². The van der Waals surface area contributed by atoms with Crippen LogP contribution in [-0.2, 0) is 12.0 Å². The highest BCUT2D eigenvalue weighted by Crippen LogP contribution is 2.20. The van der Waals surface area contributed by atoms with Gasteiger partial charge in [-0.05, 0) is 17.5 Å². The summed E-state index contributed by atoms with van der Waals surface area (Å²) in [5, 5.41) is 12.2. The Morgan fingerprint density at radius 1 is 1.42 bits per heavy atom. The third-order valence-corrected chi connectivity index (χ3v) is 4.53. The molecule has 1 amide bonds. The van der Waals surface area contributed by atoms with Gasteiger partial charge in [-0.25, -0.2) is 4.98 Å². The van der Waals surface area contributed by atoms with Crippen LogP contribution in [0.15, 0.2) is 28.6 Å². The number of nitrogens with zero attached hydrogens (tertiary/aromatic N) is 3. The van der Waals surface area contributed by atoms with Crippen LogP contribution in [0.2, 0.25) is 0 Å². The molecule has 3 aromatic rings. The lowest BCUT2D eigenvalue weighted by Gasteiger charge is -2.14. The Labute approximate surface area is 142 Å². The summed E-state index contributed by atoms with van der Waals surface area (Å²) in [6.45, 7) is 6.82. The van der Waals surface area contributed by atoms with Gasteiger partial charge in [-0.15, -0.1) is 11.3 Å². The quantitative estimate of drug-likeness (QED) is 0.755. The summed E-state index contributed by atoms with van der Waals surface area (Å²) in [6.07, 6.45) is 1.51. The summed E-state index contributed by atoms with van der Waals surface area (Å²) in [4.78, 5) is 29.4. The molecule has 3 aromatic heterocycles. The number of hydrogen-bond acceptors (Lipinski definition) is 5. The number of rotatable bonds is 4. The first kappa shape index (κ1) is 16.4. The Hall–Kier alpha value is -2.48. The van der Waals surface area contributed by atoms with Crippen LogP contribution in [0.4, 0.5) is 0 Å². The summed E-state index contributed by atoms with van der Waals surface area (Å²) in [6, 6.07) is 3.52. The number of nitrogens with one attached hydrogen (secondary N) is 2. The maximum atomic E-state index is 12.2. The van der Waals surface area contributed by atoms with Gasteiger partial charge in [0.05, 0.1) is 11.7 Å². The number of aromatic amines is 1. The zero-order chi connectivity index (χ0) is 17.3. The van der Waals surface area contributed by atoms with E-state index in [1.807, 2.05) is 26.2 Å². The Morgan fingerprint density at radius 2 is 2.21 bits per heavy atom. The van der Waals surface area contributed by atoms with Crippen molar-refractivity contribution in [2.75, 3.05) is 6.54 Å². The summed E-state index contributed by atoms with van der Waals surface area (Å²) >= 11 is 1.43. The average Bonchev–Trinajstić information content (AvgIpc) is 3.17. The van der Waals surface area contributed by atoms with Crippen LogP contribution in [0.25, 0.3) is 10.2 Å². The molecule has 24 heavy (non-hydrogen) atoms. The molecule has 0 aromatic carbocycles. The van der Waals surface area contributed by atoms with Crippen molar-refractivity contribution in [1.29, 1.82) is 0 Å². The van der Waals surface area contributed by atoms with Crippen molar-refractivity contribution < 1.29 is 4.79 Å². The van der Waals surface area contributed by atoms with Crippen molar-refractivity contribution in [2.45, 2.75) is 32.7 Å². The molecule has 0 radical (unpaired) electrons. The summed E-state index contributed by atoms with van der Waals surface area (Å²) < 4.78 is 1.50. The smallest absolute Gasteiger partial charge is 0.271 e. The fraction of sp³-hybridized carbons (Fsp3) is 0.375. The third-order valence-electron chi connectivity index (χ3n) is 3.71. The molecule has 0 fully saturated rings. The van der Waals surface area contributed by atoms with Gasteiger partial charge in [-0.2, -0.15) is 5.10 Å². The van der Waals surface area contributed by atoms with Crippen molar-refractivity contribution in [3.05, 3.63) is 45.6 Å². The molecule has 3 heterocycles. The number of thiophene rings is 1. The molecule has 0 aliphatic rings. The van der Waals surface area contributed by atoms with E-state index < -0.39 is 0 Å². The van der Waals surface area contributed by atoms with Crippen LogP contribution in [0, 0.1) is 0 Å². The minimum absolute atomic E-state index is 0.0923. The molecule has 0 saturated carbocycles. The van der Waals surface area contributed by atoms with Crippen LogP contribution in [0.5, 0.6) is 0 Å². The predicted molar refractivity (Wildman–Crippen MR) is 93.5 cm³/mol. The van der Waals surface area contributed by atoms with Gasteiger partial charge in [-0.3, -0.25) is 19.3 Å². The lowest BCUT2D eigenvalue weighted by molar-refractivity contribution is 0.0947. The molecule has 0 spiro atoms. The molecular formula is C16H19N5O2S. The molecule has 0 aliphatic carbocycles. The molecule has 0 aliphatic heterocycles. The SMILES string of the molecule is CC(C)(C)c1cc(C(=O)NCCn2cnc3sccc3c2=O)n[nH]1. The number of fused-ring (bicyclic) bond motifs is 1. The molecule has 3 rings (SSSR count). The largest absolute Gasteiger partial charge is 0.349 e. The van der Waals surface area contributed by atoms with E-state index in [1.54, 1.807) is 12.1 Å². The number of carbonyl (C=O) groups is 1. The van der Waals surface area contributed by atoms with Crippen molar-refractivity contribution in [3.63, 3.8) is 0 Å². The van der Waals surface area contributed by atoms with Gasteiger partial charge in [0.1, 0.15) is 10.5 Å². The first-order valence-electron chi connectivity index (χ1n) is 7.63. The van der Waals surface area contributed by atoms with E-state index in [0.717, 1.165) is 10.5 Å². The van der Waals surface area contributed by atoms with Crippen LogP contribution >= 0.6 is 11.3 Å². The molecule has 0 saturated heterocycles. The third kappa shape index (κ3) is 3.23. The van der Waals surface area contributed by atoms with E-state index >= 15 is 0 Å². The molecule has 126 valence electrons. The summed E-state index contributed by atoms with van der Waals surface area (Å²) in [5.74, 6) is -0.264. The Balaban J connectivity index is 1.63. The fourth-order valence-corrected chi connectivity index (χ4v) is 2.98. The van der Waals surface area contributed by atoms with Gasteiger partial charge in [-0.1, -0.05) is 20.8 Å². The van der Waals surface area contributed by atoms with Gasteiger partial charge >= 0.3 is 0 Å². The van der Waals surface area contributed by atoms with Crippen LogP contribution < -0.4 is 10.9 Å². The zero-order valence-electron chi connectivity index (χ0n) is 13.8. The fourth-order valence-electron chi connectivity index (χ4n) is 2.26. The van der Waals surface area contributed by atoms with Gasteiger partial charge in [0.15, 0.2) is 0 Å². The Bertz CT molecular complexity index is 932. The minimum atomic E-state index is -0.264. The number of H-pyrrole nitrogens is 1. The number of hydrogen-bond donors (Lipinski definition) is 2. The average molecular weight is 345 g/mol. The molecule has 0 unspecified atom stereocenters. The second-order valence-corrected chi connectivity index (χ2v) is 7.45. The molecule has 2 N–H and O–H groups in total. The van der Waals surface area contributed by atoms with Gasteiger partial charge < -0.3 is 5.32 Å². The predicted octanol–water partition coefficient (Wildman–Crippen LogP) is 1.91. The summed E-state index contributed by atoms with van der Waals surface area (Å²) in [5.41, 5.74) is 1.06. The van der Waals surface area contributed by atoms with Crippen LogP contribution in [-0.4, -0.2) is 32.2 Å². The first-order valence-corrected chi connectivity index (χ1v) is 8.51. The van der Waals surface area contributed by atoms with E-state index in [-0.39, 0.29) is 16.9 Å². The Morgan fingerprint density at radius 3 is 2.92 bits per heavy atom. The molecular weight excluding hydrogens is 326 g/mol. The lowest BCUT2D eigenvalue weighted by atomic mass is 9.92. The lowest BCUT2D eigenvalue weighted by Crippen LogP contribution is -2.31. The van der Waals surface area contributed by atoms with Crippen LogP contribution in [0.3, 0.4) is 0 Å². The molecule has 8 heteroatoms. The van der Waals surface area contributed by atoms with E-state index in [1.165, 1.54) is 22.2 Å². The maximum Gasteiger partial charge on any atom is 0.271 e. The van der Waals surface area contributed by atoms with E-state index in [4.69, 9.17) is 0 Å². The topological polar surface area (TPSA) is 92.7 Å². The normalized spacial score (nSPS) is 11.8. The highest BCUT2D eigenvalue weighted by atomic mass is 32.1. The van der Waals surface area contributed by atoms with Crippen molar-refractivity contribution in [2.24, 2.45) is 0 Å². The first-order chi connectivity index (χ1) is 11.4. The highest BCUT2D eigenvalue weighted by molar-refractivity contribution is 7.16. The van der Waals surface area contributed by atoms with Gasteiger partial charge in [0, 0.05) is 24.2 Å². The number of carbonyl (C=O) groups excluding carboxylic acids is 1. The van der Waals surface area contributed by atoms with Gasteiger partial charge in [0.2, 0.25) is 0 Å². The summed E-state index contributed by atoms with van der Waals surface area (Å²) in [7, 11) is 0. The number of amides is 1. The van der Waals surface area contributed by atoms with Gasteiger partial charge in [0.25, 0.3) is 11.5 Å². The van der Waals surface area contributed by atoms with E-state index in [9.17, 15) is 9.59 Å². The van der Waals surface area contributed by atoms with E-state index in [0.29, 0.717) is 24.2 Å². The number of aromatic nitrogens is 4. The van der Waals surface area contributed by atoms with Crippen molar-refractivity contribution >= 4 is 27.5 Å². The van der Waals surface area contributed by atoms with Crippen molar-refractivity contribution in [3.8, 4) is 0 Å². The van der Waals surface area contributed by atoms with E-state index in [2.05, 4.69) is 20.5 Å². The molecule has 0 atom stereocenters. The van der Waals surface area contributed by atoms with Crippen molar-refractivity contribution in [1.82, 2.24) is 25.1 Å². The zero-order valence-corrected chi connectivity index (χ0v) is 14.6. The monoisotopic (exact) mass is 345 g/mol. The Kier molecular flexibility index (Phi) is 4.23. The minimum Gasteiger partial charge on any atom is -0.349 e. The molecule has 7 nitrogen and oxygen atoms in total. The molecule has 0 bridgehead atoms. The standard InChI is InChI=1S/C16H19N5O2S/c1-16(2,3)12-8-11(19-20-12)13(22)17-5-6-21-9-18-14-10(15(21)23)4-7-24-14/h4,7-9H,5-6H2,1-3H3,(H,17,22)(H,19,20). The maximum absolute atomic E-state index is 12.2. The second-order valence-electron chi connectivity index (χ2n) is 6.56.